The summed E-state index contributed by atoms with van der Waals surface area (Å²) in [4.78, 5) is 12.6. The molecule has 0 N–H and O–H groups in total. The summed E-state index contributed by atoms with van der Waals surface area (Å²) < 4.78 is 1.50. The molecule has 1 nitrogen and oxygen atoms in total. The number of benzene rings is 2. The lowest BCUT2D eigenvalue weighted by Gasteiger charge is -2.10. The Kier molecular flexibility index (Phi) is 4.25. The standard InChI is InChI=1S/C14H9Br2ClO/c1-8-4-2-7-11(17)12(8)14(18)13-9(15)5-3-6-10(13)16/h2-7H,1H3. The largest absolute Gasteiger partial charge is 0.288 e. The van der Waals surface area contributed by atoms with E-state index in [1.165, 1.54) is 0 Å². The molecule has 0 atom stereocenters. The van der Waals surface area contributed by atoms with Gasteiger partial charge in [0.1, 0.15) is 0 Å². The number of halogens is 3. The van der Waals surface area contributed by atoms with Gasteiger partial charge in [-0.2, -0.15) is 0 Å². The number of carbonyl (C=O) groups excluding carboxylic acids is 1. The van der Waals surface area contributed by atoms with Crippen molar-refractivity contribution in [2.24, 2.45) is 0 Å². The molecule has 0 spiro atoms. The first-order valence-corrected chi connectivity index (χ1v) is 7.22. The molecule has 0 saturated carbocycles. The van der Waals surface area contributed by atoms with Crippen LogP contribution in [0, 0.1) is 6.92 Å². The molecule has 4 heteroatoms. The lowest BCUT2D eigenvalue weighted by atomic mass is 9.99. The van der Waals surface area contributed by atoms with Gasteiger partial charge in [-0.3, -0.25) is 4.79 Å². The molecule has 0 unspecified atom stereocenters. The molecule has 2 aromatic rings. The molecule has 0 fully saturated rings. The molecule has 0 radical (unpaired) electrons. The highest BCUT2D eigenvalue weighted by Crippen LogP contribution is 2.31. The second-order valence-corrected chi connectivity index (χ2v) is 5.97. The average molecular weight is 388 g/mol. The normalized spacial score (nSPS) is 10.4. The average Bonchev–Trinajstić information content (AvgIpc) is 2.28. The summed E-state index contributed by atoms with van der Waals surface area (Å²) in [5.74, 6) is -0.0857. The van der Waals surface area contributed by atoms with Gasteiger partial charge in [-0.05, 0) is 62.5 Å². The summed E-state index contributed by atoms with van der Waals surface area (Å²) in [6.45, 7) is 1.88. The van der Waals surface area contributed by atoms with E-state index in [1.54, 1.807) is 6.07 Å². The van der Waals surface area contributed by atoms with Crippen LogP contribution in [0.1, 0.15) is 21.5 Å². The van der Waals surface area contributed by atoms with Gasteiger partial charge in [0.05, 0.1) is 10.6 Å². The summed E-state index contributed by atoms with van der Waals surface area (Å²) in [6.07, 6.45) is 0. The van der Waals surface area contributed by atoms with Gasteiger partial charge in [0.25, 0.3) is 0 Å². The first kappa shape index (κ1) is 13.8. The maximum absolute atomic E-state index is 12.6. The van der Waals surface area contributed by atoms with Crippen LogP contribution in [0.15, 0.2) is 45.3 Å². The molecule has 0 saturated heterocycles. The topological polar surface area (TPSA) is 17.1 Å². The van der Waals surface area contributed by atoms with Crippen LogP contribution in [0.3, 0.4) is 0 Å². The van der Waals surface area contributed by atoms with Crippen molar-refractivity contribution in [3.05, 3.63) is 67.1 Å². The zero-order valence-electron chi connectivity index (χ0n) is 9.51. The van der Waals surface area contributed by atoms with E-state index in [1.807, 2.05) is 37.3 Å². The number of hydrogen-bond donors (Lipinski definition) is 0. The monoisotopic (exact) mass is 386 g/mol. The van der Waals surface area contributed by atoms with Crippen molar-refractivity contribution < 1.29 is 4.79 Å². The molecule has 2 rings (SSSR count). The number of ketones is 1. The van der Waals surface area contributed by atoms with E-state index in [4.69, 9.17) is 11.6 Å². The molecule has 0 aliphatic heterocycles. The fourth-order valence-corrected chi connectivity index (χ4v) is 3.43. The molecule has 0 bridgehead atoms. The second kappa shape index (κ2) is 5.55. The van der Waals surface area contributed by atoms with Crippen molar-refractivity contribution in [1.82, 2.24) is 0 Å². The van der Waals surface area contributed by atoms with Crippen LogP contribution < -0.4 is 0 Å². The molecule has 0 aromatic heterocycles. The number of rotatable bonds is 2. The minimum absolute atomic E-state index is 0.0857. The molecule has 18 heavy (non-hydrogen) atoms. The highest BCUT2D eigenvalue weighted by atomic mass is 79.9. The predicted molar refractivity (Wildman–Crippen MR) is 81.5 cm³/mol. The highest BCUT2D eigenvalue weighted by Gasteiger charge is 2.19. The summed E-state index contributed by atoms with van der Waals surface area (Å²) in [7, 11) is 0. The van der Waals surface area contributed by atoms with E-state index in [-0.39, 0.29) is 5.78 Å². The van der Waals surface area contributed by atoms with E-state index in [2.05, 4.69) is 31.9 Å². The SMILES string of the molecule is Cc1cccc(Cl)c1C(=O)c1c(Br)cccc1Br. The van der Waals surface area contributed by atoms with Gasteiger partial charge in [-0.1, -0.05) is 29.8 Å². The van der Waals surface area contributed by atoms with Crippen LogP contribution in [0.25, 0.3) is 0 Å². The van der Waals surface area contributed by atoms with Crippen molar-refractivity contribution in [3.63, 3.8) is 0 Å². The van der Waals surface area contributed by atoms with Crippen LogP contribution in [-0.2, 0) is 0 Å². The molecule has 0 aliphatic carbocycles. The molecule has 2 aromatic carbocycles. The van der Waals surface area contributed by atoms with Crippen molar-refractivity contribution in [2.75, 3.05) is 0 Å². The van der Waals surface area contributed by atoms with E-state index in [0.29, 0.717) is 16.1 Å². The smallest absolute Gasteiger partial charge is 0.197 e. The van der Waals surface area contributed by atoms with Crippen LogP contribution in [0.2, 0.25) is 5.02 Å². The Bertz CT molecular complexity index is 529. The van der Waals surface area contributed by atoms with Gasteiger partial charge in [0.2, 0.25) is 0 Å². The van der Waals surface area contributed by atoms with Crippen molar-refractivity contribution in [1.29, 1.82) is 0 Å². The third-order valence-corrected chi connectivity index (χ3v) is 4.28. The maximum Gasteiger partial charge on any atom is 0.197 e. The third kappa shape index (κ3) is 2.53. The van der Waals surface area contributed by atoms with Gasteiger partial charge >= 0.3 is 0 Å². The zero-order chi connectivity index (χ0) is 13.3. The number of aryl methyl sites for hydroxylation is 1. The quantitative estimate of drug-likeness (QED) is 0.629. The van der Waals surface area contributed by atoms with Crippen LogP contribution in [0.4, 0.5) is 0 Å². The van der Waals surface area contributed by atoms with Crippen molar-refractivity contribution in [2.45, 2.75) is 6.92 Å². The number of carbonyl (C=O) groups is 1. The van der Waals surface area contributed by atoms with Crippen LogP contribution in [-0.4, -0.2) is 5.78 Å². The maximum atomic E-state index is 12.6. The third-order valence-electron chi connectivity index (χ3n) is 2.64. The van der Waals surface area contributed by atoms with E-state index >= 15 is 0 Å². The molecular formula is C14H9Br2ClO. The zero-order valence-corrected chi connectivity index (χ0v) is 13.4. The molecule has 0 aliphatic rings. The van der Waals surface area contributed by atoms with Crippen LogP contribution in [0.5, 0.6) is 0 Å². The van der Waals surface area contributed by atoms with Gasteiger partial charge in [0, 0.05) is 14.5 Å². The van der Waals surface area contributed by atoms with Crippen LogP contribution >= 0.6 is 43.5 Å². The summed E-state index contributed by atoms with van der Waals surface area (Å²) in [5, 5.41) is 0.475. The van der Waals surface area contributed by atoms with Gasteiger partial charge in [-0.15, -0.1) is 0 Å². The molecule has 92 valence electrons. The minimum atomic E-state index is -0.0857. The predicted octanol–water partition coefficient (Wildman–Crippen LogP) is 5.40. The van der Waals surface area contributed by atoms with Gasteiger partial charge in [-0.25, -0.2) is 0 Å². The molecular weight excluding hydrogens is 379 g/mol. The molecule has 0 heterocycles. The minimum Gasteiger partial charge on any atom is -0.288 e. The lowest BCUT2D eigenvalue weighted by molar-refractivity contribution is 0.103. The summed E-state index contributed by atoms with van der Waals surface area (Å²) >= 11 is 12.9. The Morgan fingerprint density at radius 1 is 1.00 bits per heavy atom. The fraction of sp³-hybridized carbons (Fsp3) is 0.0714. The van der Waals surface area contributed by atoms with E-state index in [9.17, 15) is 4.79 Å². The number of hydrogen-bond acceptors (Lipinski definition) is 1. The Morgan fingerprint density at radius 2 is 1.56 bits per heavy atom. The first-order valence-electron chi connectivity index (χ1n) is 5.26. The molecule has 0 amide bonds. The fourth-order valence-electron chi connectivity index (χ4n) is 1.76. The Balaban J connectivity index is 2.63. The Morgan fingerprint density at radius 3 is 2.11 bits per heavy atom. The van der Waals surface area contributed by atoms with Gasteiger partial charge in [0.15, 0.2) is 5.78 Å². The van der Waals surface area contributed by atoms with Crippen molar-refractivity contribution in [3.8, 4) is 0 Å². The van der Waals surface area contributed by atoms with E-state index in [0.717, 1.165) is 14.5 Å². The van der Waals surface area contributed by atoms with E-state index < -0.39 is 0 Å². The van der Waals surface area contributed by atoms with Crippen molar-refractivity contribution >= 4 is 49.2 Å². The Labute approximate surface area is 127 Å². The first-order chi connectivity index (χ1) is 8.52. The summed E-state index contributed by atoms with van der Waals surface area (Å²) in [5.41, 5.74) is 2.01. The lowest BCUT2D eigenvalue weighted by Crippen LogP contribution is -2.06. The highest BCUT2D eigenvalue weighted by molar-refractivity contribution is 9.11. The Hall–Kier alpha value is -0.640. The summed E-state index contributed by atoms with van der Waals surface area (Å²) in [6, 6.07) is 11.0. The van der Waals surface area contributed by atoms with Gasteiger partial charge < -0.3 is 0 Å². The second-order valence-electron chi connectivity index (χ2n) is 3.86.